The summed E-state index contributed by atoms with van der Waals surface area (Å²) in [4.78, 5) is 31.1. The number of nitrogens with zero attached hydrogens (tertiary/aromatic N) is 2. The summed E-state index contributed by atoms with van der Waals surface area (Å²) in [5, 5.41) is 8.75. The van der Waals surface area contributed by atoms with E-state index in [4.69, 9.17) is 5.14 Å². The lowest BCUT2D eigenvalue weighted by molar-refractivity contribution is -0.122. The molecule has 4 rings (SSSR count). The van der Waals surface area contributed by atoms with Gasteiger partial charge in [0.1, 0.15) is 0 Å². The molecular formula is C19H18N4O4S2. The zero-order chi connectivity index (χ0) is 20.8. The van der Waals surface area contributed by atoms with E-state index in [1.807, 2.05) is 25.1 Å². The largest absolute Gasteiger partial charge is 0.326 e. The smallest absolute Gasteiger partial charge is 0.238 e. The number of carbonyl (C=O) groups is 2. The van der Waals surface area contributed by atoms with Gasteiger partial charge in [0.15, 0.2) is 0 Å². The van der Waals surface area contributed by atoms with E-state index in [2.05, 4.69) is 10.3 Å². The molecule has 29 heavy (non-hydrogen) atoms. The topological polar surface area (TPSA) is 122 Å². The van der Waals surface area contributed by atoms with Crippen LogP contribution in [0.3, 0.4) is 0 Å². The van der Waals surface area contributed by atoms with Crippen LogP contribution in [-0.4, -0.2) is 31.8 Å². The summed E-state index contributed by atoms with van der Waals surface area (Å²) in [5.41, 5.74) is 1.99. The quantitative estimate of drug-likeness (QED) is 0.657. The Kier molecular flexibility index (Phi) is 4.85. The van der Waals surface area contributed by atoms with Gasteiger partial charge in [-0.05, 0) is 49.4 Å². The molecule has 3 aromatic rings. The molecule has 1 saturated heterocycles. The number of primary sulfonamides is 1. The summed E-state index contributed by atoms with van der Waals surface area (Å²) in [6, 6.07) is 11.2. The highest BCUT2D eigenvalue weighted by molar-refractivity contribution is 7.89. The predicted octanol–water partition coefficient (Wildman–Crippen LogP) is 2.24. The number of nitrogens with two attached hydrogens (primary N) is 1. The van der Waals surface area contributed by atoms with Crippen molar-refractivity contribution in [1.29, 1.82) is 0 Å². The lowest BCUT2D eigenvalue weighted by Gasteiger charge is -2.16. The number of carbonyl (C=O) groups excluding carboxylic acids is 2. The Morgan fingerprint density at radius 3 is 2.66 bits per heavy atom. The summed E-state index contributed by atoms with van der Waals surface area (Å²) >= 11 is 1.59. The van der Waals surface area contributed by atoms with Crippen LogP contribution in [0.4, 0.5) is 11.4 Å². The molecule has 0 aliphatic carbocycles. The Balaban J connectivity index is 1.47. The van der Waals surface area contributed by atoms with E-state index >= 15 is 0 Å². The fourth-order valence-corrected chi connectivity index (χ4v) is 4.63. The van der Waals surface area contributed by atoms with Crippen molar-refractivity contribution >= 4 is 54.8 Å². The van der Waals surface area contributed by atoms with Crippen molar-refractivity contribution < 1.29 is 18.0 Å². The normalized spacial score (nSPS) is 17.1. The third kappa shape index (κ3) is 4.00. The van der Waals surface area contributed by atoms with Crippen LogP contribution < -0.4 is 15.4 Å². The monoisotopic (exact) mass is 430 g/mol. The van der Waals surface area contributed by atoms with Crippen molar-refractivity contribution in [2.24, 2.45) is 11.1 Å². The molecule has 2 aromatic carbocycles. The van der Waals surface area contributed by atoms with E-state index in [9.17, 15) is 18.0 Å². The number of thiazole rings is 1. The summed E-state index contributed by atoms with van der Waals surface area (Å²) in [7, 11) is -3.79. The minimum Gasteiger partial charge on any atom is -0.326 e. The van der Waals surface area contributed by atoms with Gasteiger partial charge in [-0.2, -0.15) is 0 Å². The third-order valence-electron chi connectivity index (χ3n) is 4.74. The van der Waals surface area contributed by atoms with Crippen molar-refractivity contribution in [3.63, 3.8) is 0 Å². The van der Waals surface area contributed by atoms with Crippen LogP contribution in [0.5, 0.6) is 0 Å². The molecule has 10 heteroatoms. The summed E-state index contributed by atoms with van der Waals surface area (Å²) in [5.74, 6) is -0.927. The van der Waals surface area contributed by atoms with Gasteiger partial charge >= 0.3 is 0 Å². The van der Waals surface area contributed by atoms with Crippen molar-refractivity contribution in [1.82, 2.24) is 4.98 Å². The molecule has 1 aliphatic rings. The molecule has 1 atom stereocenters. The van der Waals surface area contributed by atoms with E-state index in [-0.39, 0.29) is 29.7 Å². The lowest BCUT2D eigenvalue weighted by Crippen LogP contribution is -2.28. The first kappa shape index (κ1) is 19.5. The highest BCUT2D eigenvalue weighted by Crippen LogP contribution is 2.30. The first-order valence-electron chi connectivity index (χ1n) is 8.82. The molecule has 1 aliphatic heterocycles. The molecule has 0 spiro atoms. The number of benzene rings is 2. The number of anilines is 2. The highest BCUT2D eigenvalue weighted by atomic mass is 32.2. The summed E-state index contributed by atoms with van der Waals surface area (Å²) in [6.45, 7) is 2.20. The van der Waals surface area contributed by atoms with Gasteiger partial charge in [0.25, 0.3) is 0 Å². The molecule has 150 valence electrons. The van der Waals surface area contributed by atoms with E-state index in [0.29, 0.717) is 5.69 Å². The minimum atomic E-state index is -3.79. The molecule has 1 fully saturated rings. The van der Waals surface area contributed by atoms with Crippen LogP contribution in [0.25, 0.3) is 10.2 Å². The predicted molar refractivity (Wildman–Crippen MR) is 111 cm³/mol. The Labute approximate surface area is 171 Å². The first-order chi connectivity index (χ1) is 13.7. The van der Waals surface area contributed by atoms with Gasteiger partial charge in [-0.1, -0.05) is 0 Å². The van der Waals surface area contributed by atoms with E-state index in [1.165, 1.54) is 24.3 Å². The zero-order valence-corrected chi connectivity index (χ0v) is 17.1. The number of fused-ring (bicyclic) bond motifs is 1. The second-order valence-electron chi connectivity index (χ2n) is 6.85. The maximum absolute atomic E-state index is 12.6. The Morgan fingerprint density at radius 2 is 1.97 bits per heavy atom. The second-order valence-corrected chi connectivity index (χ2v) is 9.65. The van der Waals surface area contributed by atoms with Crippen LogP contribution in [0, 0.1) is 12.8 Å². The molecule has 0 radical (unpaired) electrons. The Morgan fingerprint density at radius 1 is 1.24 bits per heavy atom. The van der Waals surface area contributed by atoms with Crippen molar-refractivity contribution in [2.75, 3.05) is 16.8 Å². The Hall–Kier alpha value is -2.82. The second kappa shape index (κ2) is 7.21. The maximum Gasteiger partial charge on any atom is 0.238 e. The molecular weight excluding hydrogens is 412 g/mol. The standard InChI is InChI=1S/C19H18N4O4S2/c1-11-21-16-9-14(4-7-17(16)28-11)23-10-12(8-18(23)24)19(25)22-13-2-5-15(6-3-13)29(20,26)27/h2-7,9,12H,8,10H2,1H3,(H,22,25)(H2,20,26,27). The minimum absolute atomic E-state index is 0.0367. The molecule has 2 amide bonds. The lowest BCUT2D eigenvalue weighted by atomic mass is 10.1. The van der Waals surface area contributed by atoms with Crippen molar-refractivity contribution in [3.05, 3.63) is 47.5 Å². The number of rotatable bonds is 4. The van der Waals surface area contributed by atoms with Gasteiger partial charge in [0, 0.05) is 24.3 Å². The molecule has 1 unspecified atom stereocenters. The molecule has 3 N–H and O–H groups in total. The van der Waals surface area contributed by atoms with Crippen LogP contribution in [0.1, 0.15) is 11.4 Å². The number of nitrogens with one attached hydrogen (secondary N) is 1. The summed E-state index contributed by atoms with van der Waals surface area (Å²) in [6.07, 6.45) is 0.106. The van der Waals surface area contributed by atoms with Gasteiger partial charge < -0.3 is 10.2 Å². The van der Waals surface area contributed by atoms with Gasteiger partial charge in [0.05, 0.1) is 26.0 Å². The zero-order valence-electron chi connectivity index (χ0n) is 15.5. The van der Waals surface area contributed by atoms with E-state index < -0.39 is 15.9 Å². The van der Waals surface area contributed by atoms with Gasteiger partial charge in [-0.25, -0.2) is 18.5 Å². The fraction of sp³-hybridized carbons (Fsp3) is 0.211. The van der Waals surface area contributed by atoms with Crippen molar-refractivity contribution in [2.45, 2.75) is 18.2 Å². The third-order valence-corrected chi connectivity index (χ3v) is 6.62. The first-order valence-corrected chi connectivity index (χ1v) is 11.2. The average Bonchev–Trinajstić information content (AvgIpc) is 3.22. The van der Waals surface area contributed by atoms with Gasteiger partial charge in [-0.3, -0.25) is 9.59 Å². The number of aryl methyl sites for hydroxylation is 1. The van der Waals surface area contributed by atoms with Crippen LogP contribution in [-0.2, 0) is 19.6 Å². The molecule has 0 bridgehead atoms. The highest BCUT2D eigenvalue weighted by Gasteiger charge is 2.35. The van der Waals surface area contributed by atoms with E-state index in [0.717, 1.165) is 20.9 Å². The fourth-order valence-electron chi connectivity index (χ4n) is 3.30. The summed E-state index contributed by atoms with van der Waals surface area (Å²) < 4.78 is 23.7. The Bertz CT molecular complexity index is 1220. The van der Waals surface area contributed by atoms with Crippen LogP contribution in [0.2, 0.25) is 0 Å². The number of amides is 2. The number of hydrogen-bond acceptors (Lipinski definition) is 6. The molecule has 8 nitrogen and oxygen atoms in total. The average molecular weight is 431 g/mol. The maximum atomic E-state index is 12.6. The van der Waals surface area contributed by atoms with Crippen molar-refractivity contribution in [3.8, 4) is 0 Å². The number of aromatic nitrogens is 1. The van der Waals surface area contributed by atoms with Crippen LogP contribution in [0.15, 0.2) is 47.4 Å². The molecule has 2 heterocycles. The number of sulfonamides is 1. The molecule has 0 saturated carbocycles. The number of hydrogen-bond donors (Lipinski definition) is 2. The van der Waals surface area contributed by atoms with Gasteiger partial charge in [0.2, 0.25) is 21.8 Å². The van der Waals surface area contributed by atoms with Gasteiger partial charge in [-0.15, -0.1) is 11.3 Å². The molecule has 1 aromatic heterocycles. The van der Waals surface area contributed by atoms with E-state index in [1.54, 1.807) is 16.2 Å². The SMILES string of the molecule is Cc1nc2cc(N3CC(C(=O)Nc4ccc(S(N)(=O)=O)cc4)CC3=O)ccc2s1. The van der Waals surface area contributed by atoms with Crippen LogP contribution >= 0.6 is 11.3 Å².